The maximum atomic E-state index is 12.5. The van der Waals surface area contributed by atoms with Gasteiger partial charge in [-0.2, -0.15) is 0 Å². The lowest BCUT2D eigenvalue weighted by Crippen LogP contribution is -2.35. The maximum Gasteiger partial charge on any atom is 0.360 e. The van der Waals surface area contributed by atoms with Crippen molar-refractivity contribution in [2.24, 2.45) is 0 Å². The number of carbonyl (C=O) groups excluding carboxylic acids is 2. The highest BCUT2D eigenvalue weighted by molar-refractivity contribution is 7.98. The van der Waals surface area contributed by atoms with E-state index in [2.05, 4.69) is 15.0 Å². The first-order chi connectivity index (χ1) is 12.1. The fourth-order valence-corrected chi connectivity index (χ4v) is 2.55. The summed E-state index contributed by atoms with van der Waals surface area (Å²) in [7, 11) is 1.27. The summed E-state index contributed by atoms with van der Waals surface area (Å²) in [4.78, 5) is 30.7. The summed E-state index contributed by atoms with van der Waals surface area (Å²) < 4.78 is 9.85. The average molecular weight is 363 g/mol. The maximum absolute atomic E-state index is 12.5. The molecular formula is C17H21N3O4S. The zero-order chi connectivity index (χ0) is 18.2. The van der Waals surface area contributed by atoms with E-state index < -0.39 is 5.97 Å². The van der Waals surface area contributed by atoms with Crippen molar-refractivity contribution in [3.8, 4) is 0 Å². The number of methoxy groups -OCH3 is 1. The molecule has 2 rings (SSSR count). The molecular weight excluding hydrogens is 342 g/mol. The average Bonchev–Trinajstić information content (AvgIpc) is 3.10. The lowest BCUT2D eigenvalue weighted by atomic mass is 10.3. The molecule has 1 N–H and O–H groups in total. The van der Waals surface area contributed by atoms with Crippen molar-refractivity contribution >= 4 is 29.4 Å². The van der Waals surface area contributed by atoms with Gasteiger partial charge in [-0.15, -0.1) is 11.8 Å². The third-order valence-electron chi connectivity index (χ3n) is 3.39. The zero-order valence-electron chi connectivity index (χ0n) is 14.4. The van der Waals surface area contributed by atoms with Gasteiger partial charge in [0.05, 0.1) is 13.7 Å². The predicted octanol–water partition coefficient (Wildman–Crippen LogP) is 3.63. The number of benzene rings is 1. The van der Waals surface area contributed by atoms with Gasteiger partial charge in [0.15, 0.2) is 5.69 Å². The molecule has 0 aliphatic rings. The number of carbonyl (C=O) groups is 2. The van der Waals surface area contributed by atoms with E-state index in [4.69, 9.17) is 4.42 Å². The number of nitrogens with one attached hydrogen (secondary N) is 1. The van der Waals surface area contributed by atoms with Crippen LogP contribution in [0.5, 0.6) is 0 Å². The summed E-state index contributed by atoms with van der Waals surface area (Å²) in [6, 6.07) is 7.35. The fraction of sp³-hybridized carbons (Fsp3) is 0.353. The molecule has 0 aliphatic carbocycles. The van der Waals surface area contributed by atoms with Crippen LogP contribution in [0, 0.1) is 0 Å². The van der Waals surface area contributed by atoms with Gasteiger partial charge in [0.1, 0.15) is 6.26 Å². The number of ether oxygens (including phenoxy) is 1. The highest BCUT2D eigenvalue weighted by atomic mass is 32.2. The van der Waals surface area contributed by atoms with Crippen molar-refractivity contribution in [2.45, 2.75) is 24.8 Å². The molecule has 2 amide bonds. The molecule has 0 saturated heterocycles. The van der Waals surface area contributed by atoms with Gasteiger partial charge in [-0.3, -0.25) is 0 Å². The summed E-state index contributed by atoms with van der Waals surface area (Å²) in [6.07, 6.45) is 4.00. The SMILES string of the molecule is CCCN(Cc1nc(C(=O)OC)co1)C(=O)Nc1ccc(SC)cc1. The van der Waals surface area contributed by atoms with Crippen LogP contribution in [0.3, 0.4) is 0 Å². The van der Waals surface area contributed by atoms with Crippen LogP contribution in [0.1, 0.15) is 29.7 Å². The Morgan fingerprint density at radius 2 is 2.04 bits per heavy atom. The molecule has 7 nitrogen and oxygen atoms in total. The van der Waals surface area contributed by atoms with Crippen LogP contribution in [0.15, 0.2) is 39.8 Å². The van der Waals surface area contributed by atoms with E-state index in [-0.39, 0.29) is 24.2 Å². The van der Waals surface area contributed by atoms with Crippen LogP contribution in [0.25, 0.3) is 0 Å². The summed E-state index contributed by atoms with van der Waals surface area (Å²) >= 11 is 1.64. The highest BCUT2D eigenvalue weighted by Gasteiger charge is 2.18. The van der Waals surface area contributed by atoms with Crippen molar-refractivity contribution in [2.75, 3.05) is 25.2 Å². The van der Waals surface area contributed by atoms with Crippen molar-refractivity contribution in [1.82, 2.24) is 9.88 Å². The van der Waals surface area contributed by atoms with E-state index in [0.29, 0.717) is 12.2 Å². The second-order valence-electron chi connectivity index (χ2n) is 5.20. The van der Waals surface area contributed by atoms with Crippen LogP contribution in [-0.2, 0) is 11.3 Å². The summed E-state index contributed by atoms with van der Waals surface area (Å²) in [6.45, 7) is 2.67. The Morgan fingerprint density at radius 3 is 2.64 bits per heavy atom. The Labute approximate surface area is 150 Å². The lowest BCUT2D eigenvalue weighted by Gasteiger charge is -2.21. The molecule has 8 heteroatoms. The van der Waals surface area contributed by atoms with Crippen molar-refractivity contribution < 1.29 is 18.7 Å². The molecule has 0 fully saturated rings. The Hall–Kier alpha value is -2.48. The van der Waals surface area contributed by atoms with Gasteiger partial charge < -0.3 is 19.4 Å². The largest absolute Gasteiger partial charge is 0.464 e. The van der Waals surface area contributed by atoms with Gasteiger partial charge in [-0.1, -0.05) is 6.92 Å². The van der Waals surface area contributed by atoms with Crippen LogP contribution in [-0.4, -0.2) is 41.8 Å². The third kappa shape index (κ3) is 5.25. The number of nitrogens with zero attached hydrogens (tertiary/aromatic N) is 2. The zero-order valence-corrected chi connectivity index (χ0v) is 15.3. The van der Waals surface area contributed by atoms with Crippen LogP contribution >= 0.6 is 11.8 Å². The lowest BCUT2D eigenvalue weighted by molar-refractivity contribution is 0.0594. The first kappa shape index (κ1) is 18.9. The van der Waals surface area contributed by atoms with Crippen molar-refractivity contribution in [3.63, 3.8) is 0 Å². The number of oxazole rings is 1. The van der Waals surface area contributed by atoms with Gasteiger partial charge in [-0.25, -0.2) is 14.6 Å². The van der Waals surface area contributed by atoms with E-state index in [1.165, 1.54) is 13.4 Å². The summed E-state index contributed by atoms with van der Waals surface area (Å²) in [5.74, 6) is -0.294. The van der Waals surface area contributed by atoms with E-state index >= 15 is 0 Å². The fourth-order valence-electron chi connectivity index (χ4n) is 2.14. The minimum Gasteiger partial charge on any atom is -0.464 e. The summed E-state index contributed by atoms with van der Waals surface area (Å²) in [5.41, 5.74) is 0.800. The molecule has 0 aliphatic heterocycles. The van der Waals surface area contributed by atoms with Gasteiger partial charge in [0.2, 0.25) is 5.89 Å². The van der Waals surface area contributed by atoms with Crippen LogP contribution in [0.2, 0.25) is 0 Å². The molecule has 0 spiro atoms. The molecule has 0 unspecified atom stereocenters. The first-order valence-corrected chi connectivity index (χ1v) is 9.02. The quantitative estimate of drug-likeness (QED) is 0.597. The highest BCUT2D eigenvalue weighted by Crippen LogP contribution is 2.18. The Morgan fingerprint density at radius 1 is 1.32 bits per heavy atom. The molecule has 0 saturated carbocycles. The van der Waals surface area contributed by atoms with Crippen LogP contribution in [0.4, 0.5) is 10.5 Å². The number of hydrogen-bond donors (Lipinski definition) is 1. The molecule has 134 valence electrons. The van der Waals surface area contributed by atoms with E-state index in [0.717, 1.165) is 11.3 Å². The molecule has 1 heterocycles. The second kappa shape index (κ2) is 9.12. The molecule has 1 aromatic carbocycles. The molecule has 1 aromatic heterocycles. The van der Waals surface area contributed by atoms with Gasteiger partial charge in [-0.05, 0) is 36.9 Å². The molecule has 0 bridgehead atoms. The van der Waals surface area contributed by atoms with Crippen molar-refractivity contribution in [1.29, 1.82) is 0 Å². The van der Waals surface area contributed by atoms with E-state index in [9.17, 15) is 9.59 Å². The normalized spacial score (nSPS) is 10.4. The minimum atomic E-state index is -0.574. The number of esters is 1. The van der Waals surface area contributed by atoms with Gasteiger partial charge >= 0.3 is 12.0 Å². The second-order valence-corrected chi connectivity index (χ2v) is 6.08. The predicted molar refractivity (Wildman–Crippen MR) is 95.8 cm³/mol. The first-order valence-electron chi connectivity index (χ1n) is 7.80. The van der Waals surface area contributed by atoms with E-state index in [1.807, 2.05) is 37.4 Å². The third-order valence-corrected chi connectivity index (χ3v) is 4.14. The molecule has 0 atom stereocenters. The van der Waals surface area contributed by atoms with Gasteiger partial charge in [0.25, 0.3) is 0 Å². The number of aromatic nitrogens is 1. The smallest absolute Gasteiger partial charge is 0.360 e. The van der Waals surface area contributed by atoms with E-state index in [1.54, 1.807) is 16.7 Å². The number of thioether (sulfide) groups is 1. The molecule has 2 aromatic rings. The molecule has 25 heavy (non-hydrogen) atoms. The molecule has 0 radical (unpaired) electrons. The number of amides is 2. The van der Waals surface area contributed by atoms with Crippen molar-refractivity contribution in [3.05, 3.63) is 42.1 Å². The van der Waals surface area contributed by atoms with Crippen LogP contribution < -0.4 is 5.32 Å². The van der Waals surface area contributed by atoms with Gasteiger partial charge in [0, 0.05) is 17.1 Å². The number of rotatable bonds is 7. The Bertz CT molecular complexity index is 715. The minimum absolute atomic E-state index is 0.0852. The summed E-state index contributed by atoms with van der Waals surface area (Å²) in [5, 5.41) is 2.86. The number of hydrogen-bond acceptors (Lipinski definition) is 6. The Kier molecular flexibility index (Phi) is 6.88. The number of urea groups is 1. The monoisotopic (exact) mass is 363 g/mol. The number of anilines is 1. The topological polar surface area (TPSA) is 84.7 Å². The standard InChI is InChI=1S/C17H21N3O4S/c1-4-9-20(10-15-19-14(11-24-15)16(21)23-2)17(22)18-12-5-7-13(25-3)8-6-12/h5-8,11H,4,9-10H2,1-3H3,(H,18,22). The Balaban J connectivity index is 2.04.